The second kappa shape index (κ2) is 8.33. The molecule has 1 aromatic carbocycles. The van der Waals surface area contributed by atoms with Gasteiger partial charge in [-0.25, -0.2) is 4.79 Å². The fourth-order valence-electron chi connectivity index (χ4n) is 1.95. The van der Waals surface area contributed by atoms with Crippen molar-refractivity contribution in [1.29, 1.82) is 0 Å². The van der Waals surface area contributed by atoms with Gasteiger partial charge in [-0.3, -0.25) is 4.79 Å². The summed E-state index contributed by atoms with van der Waals surface area (Å²) in [5.74, 6) is -0.00365. The van der Waals surface area contributed by atoms with E-state index in [2.05, 4.69) is 5.32 Å². The van der Waals surface area contributed by atoms with Gasteiger partial charge in [-0.05, 0) is 35.6 Å². The number of amides is 1. The smallest absolute Gasteiger partial charge is 0.349 e. The first-order valence-corrected chi connectivity index (χ1v) is 8.17. The number of rotatable bonds is 7. The van der Waals surface area contributed by atoms with Gasteiger partial charge < -0.3 is 14.8 Å². The first-order chi connectivity index (χ1) is 11.1. The number of esters is 1. The van der Waals surface area contributed by atoms with Crippen LogP contribution in [0.5, 0.6) is 5.75 Å². The quantitative estimate of drug-likeness (QED) is 0.791. The van der Waals surface area contributed by atoms with E-state index in [0.717, 1.165) is 11.3 Å². The maximum Gasteiger partial charge on any atom is 0.349 e. The van der Waals surface area contributed by atoms with Crippen molar-refractivity contribution in [3.8, 4) is 5.75 Å². The summed E-state index contributed by atoms with van der Waals surface area (Å²) >= 11 is 1.29. The van der Waals surface area contributed by atoms with Crippen LogP contribution in [0.2, 0.25) is 0 Å². The topological polar surface area (TPSA) is 64.6 Å². The molecule has 1 heterocycles. The second-order valence-electron chi connectivity index (χ2n) is 4.85. The van der Waals surface area contributed by atoms with Crippen molar-refractivity contribution in [2.75, 3.05) is 7.11 Å². The summed E-state index contributed by atoms with van der Waals surface area (Å²) in [7, 11) is 1.60. The Morgan fingerprint density at radius 1 is 1.22 bits per heavy atom. The summed E-state index contributed by atoms with van der Waals surface area (Å²) in [5, 5.41) is 4.58. The molecule has 2 rings (SSSR count). The predicted octanol–water partition coefficient (Wildman–Crippen LogP) is 3.01. The average Bonchev–Trinajstić information content (AvgIpc) is 3.12. The minimum atomic E-state index is -0.789. The van der Waals surface area contributed by atoms with E-state index in [-0.39, 0.29) is 5.91 Å². The zero-order chi connectivity index (χ0) is 16.7. The molecule has 0 saturated heterocycles. The van der Waals surface area contributed by atoms with E-state index in [4.69, 9.17) is 9.47 Å². The SMILES string of the molecule is CCC(OC(=O)c1cccs1)C(=O)NCc1ccc(OC)cc1. The van der Waals surface area contributed by atoms with Crippen molar-refractivity contribution < 1.29 is 19.1 Å². The minimum Gasteiger partial charge on any atom is -0.497 e. The summed E-state index contributed by atoms with van der Waals surface area (Å²) < 4.78 is 10.4. The van der Waals surface area contributed by atoms with Crippen molar-refractivity contribution in [1.82, 2.24) is 5.32 Å². The average molecular weight is 333 g/mol. The van der Waals surface area contributed by atoms with Crippen LogP contribution in [-0.4, -0.2) is 25.1 Å². The van der Waals surface area contributed by atoms with E-state index in [0.29, 0.717) is 17.8 Å². The third-order valence-corrected chi connectivity index (χ3v) is 4.11. The van der Waals surface area contributed by atoms with Gasteiger partial charge in [-0.2, -0.15) is 0 Å². The molecule has 23 heavy (non-hydrogen) atoms. The summed E-state index contributed by atoms with van der Waals surface area (Å²) in [6.07, 6.45) is -0.367. The Morgan fingerprint density at radius 3 is 2.52 bits per heavy atom. The number of hydrogen-bond donors (Lipinski definition) is 1. The van der Waals surface area contributed by atoms with Crippen LogP contribution in [0.1, 0.15) is 28.6 Å². The summed E-state index contributed by atoms with van der Waals surface area (Å²) in [5.41, 5.74) is 0.943. The number of benzene rings is 1. The number of nitrogens with one attached hydrogen (secondary N) is 1. The van der Waals surface area contributed by atoms with E-state index < -0.39 is 12.1 Å². The highest BCUT2D eigenvalue weighted by Gasteiger charge is 2.22. The summed E-state index contributed by atoms with van der Waals surface area (Å²) in [4.78, 5) is 24.6. The standard InChI is InChI=1S/C17H19NO4S/c1-3-14(22-17(20)15-5-4-10-23-15)16(19)18-11-12-6-8-13(21-2)9-7-12/h4-10,14H,3,11H2,1-2H3,(H,18,19). The van der Waals surface area contributed by atoms with Gasteiger partial charge in [-0.1, -0.05) is 25.1 Å². The molecule has 0 radical (unpaired) electrons. The molecule has 5 nitrogen and oxygen atoms in total. The Bertz CT molecular complexity index is 637. The van der Waals surface area contributed by atoms with Crippen LogP contribution >= 0.6 is 11.3 Å². The van der Waals surface area contributed by atoms with E-state index in [9.17, 15) is 9.59 Å². The molecule has 2 aromatic rings. The van der Waals surface area contributed by atoms with Gasteiger partial charge in [-0.15, -0.1) is 11.3 Å². The summed E-state index contributed by atoms with van der Waals surface area (Å²) in [6, 6.07) is 10.8. The van der Waals surface area contributed by atoms with Crippen LogP contribution in [0.3, 0.4) is 0 Å². The second-order valence-corrected chi connectivity index (χ2v) is 5.79. The van der Waals surface area contributed by atoms with Gasteiger partial charge in [0, 0.05) is 6.54 Å². The van der Waals surface area contributed by atoms with Crippen molar-refractivity contribution in [3.63, 3.8) is 0 Å². The van der Waals surface area contributed by atoms with Gasteiger partial charge >= 0.3 is 5.97 Å². The Labute approximate surface area is 139 Å². The Hall–Kier alpha value is -2.34. The van der Waals surface area contributed by atoms with Gasteiger partial charge in [0.25, 0.3) is 5.91 Å². The van der Waals surface area contributed by atoms with Gasteiger partial charge in [0.2, 0.25) is 0 Å². The van der Waals surface area contributed by atoms with Crippen LogP contribution < -0.4 is 10.1 Å². The molecule has 1 N–H and O–H groups in total. The molecule has 6 heteroatoms. The molecule has 0 aliphatic rings. The number of hydrogen-bond acceptors (Lipinski definition) is 5. The molecule has 1 unspecified atom stereocenters. The number of carbonyl (C=O) groups excluding carboxylic acids is 2. The highest BCUT2D eigenvalue weighted by molar-refractivity contribution is 7.11. The van der Waals surface area contributed by atoms with Gasteiger partial charge in [0.05, 0.1) is 7.11 Å². The Morgan fingerprint density at radius 2 is 1.96 bits per heavy atom. The van der Waals surface area contributed by atoms with E-state index in [1.165, 1.54) is 11.3 Å². The van der Waals surface area contributed by atoms with E-state index in [1.54, 1.807) is 31.5 Å². The van der Waals surface area contributed by atoms with Crippen molar-refractivity contribution in [3.05, 3.63) is 52.2 Å². The van der Waals surface area contributed by atoms with Crippen LogP contribution in [0.25, 0.3) is 0 Å². The lowest BCUT2D eigenvalue weighted by atomic mass is 10.2. The maximum atomic E-state index is 12.2. The lowest BCUT2D eigenvalue weighted by molar-refractivity contribution is -0.130. The zero-order valence-electron chi connectivity index (χ0n) is 13.1. The zero-order valence-corrected chi connectivity index (χ0v) is 13.9. The van der Waals surface area contributed by atoms with E-state index >= 15 is 0 Å². The molecule has 0 spiro atoms. The molecular formula is C17H19NO4S. The van der Waals surface area contributed by atoms with Crippen molar-refractivity contribution in [2.24, 2.45) is 0 Å². The maximum absolute atomic E-state index is 12.2. The molecule has 0 saturated carbocycles. The molecule has 0 bridgehead atoms. The predicted molar refractivity (Wildman–Crippen MR) is 88.7 cm³/mol. The Kier molecular flexibility index (Phi) is 6.17. The van der Waals surface area contributed by atoms with Crippen LogP contribution in [0, 0.1) is 0 Å². The third kappa shape index (κ3) is 4.82. The lowest BCUT2D eigenvalue weighted by Crippen LogP contribution is -2.37. The highest BCUT2D eigenvalue weighted by Crippen LogP contribution is 2.13. The number of carbonyl (C=O) groups is 2. The lowest BCUT2D eigenvalue weighted by Gasteiger charge is -2.15. The first-order valence-electron chi connectivity index (χ1n) is 7.29. The molecule has 1 amide bonds. The van der Waals surface area contributed by atoms with Crippen LogP contribution in [0.15, 0.2) is 41.8 Å². The molecule has 0 fully saturated rings. The largest absolute Gasteiger partial charge is 0.497 e. The molecule has 122 valence electrons. The molecule has 0 aliphatic carbocycles. The molecular weight excluding hydrogens is 314 g/mol. The minimum absolute atomic E-state index is 0.298. The number of ether oxygens (including phenoxy) is 2. The highest BCUT2D eigenvalue weighted by atomic mass is 32.1. The number of thiophene rings is 1. The fraction of sp³-hybridized carbons (Fsp3) is 0.294. The van der Waals surface area contributed by atoms with Crippen molar-refractivity contribution >= 4 is 23.2 Å². The van der Waals surface area contributed by atoms with E-state index in [1.807, 2.05) is 24.3 Å². The summed E-state index contributed by atoms with van der Waals surface area (Å²) in [6.45, 7) is 2.18. The van der Waals surface area contributed by atoms with Gasteiger partial charge in [0.1, 0.15) is 10.6 Å². The molecule has 0 aliphatic heterocycles. The molecule has 1 aromatic heterocycles. The monoisotopic (exact) mass is 333 g/mol. The first kappa shape index (κ1) is 17.0. The van der Waals surface area contributed by atoms with Crippen LogP contribution in [-0.2, 0) is 16.1 Å². The van der Waals surface area contributed by atoms with Crippen LogP contribution in [0.4, 0.5) is 0 Å². The Balaban J connectivity index is 1.87. The number of methoxy groups -OCH3 is 1. The van der Waals surface area contributed by atoms with Crippen molar-refractivity contribution in [2.45, 2.75) is 26.0 Å². The third-order valence-electron chi connectivity index (χ3n) is 3.26. The normalized spacial score (nSPS) is 11.6. The van der Waals surface area contributed by atoms with Gasteiger partial charge in [0.15, 0.2) is 6.10 Å². The fourth-order valence-corrected chi connectivity index (χ4v) is 2.56. The molecule has 1 atom stereocenters.